The molecule has 0 aliphatic carbocycles. The summed E-state index contributed by atoms with van der Waals surface area (Å²) in [5.41, 5.74) is 0.776. The first-order chi connectivity index (χ1) is 8.99. The fraction of sp³-hybridized carbons (Fsp3) is 0.182. The van der Waals surface area contributed by atoms with Crippen molar-refractivity contribution in [3.63, 3.8) is 0 Å². The predicted molar refractivity (Wildman–Crippen MR) is 71.4 cm³/mol. The topological polar surface area (TPSA) is 83.8 Å². The number of rotatable bonds is 4. The fourth-order valence-electron chi connectivity index (χ4n) is 1.62. The molecule has 0 amide bonds. The number of halogens is 2. The van der Waals surface area contributed by atoms with Gasteiger partial charge in [0.1, 0.15) is 11.5 Å². The van der Waals surface area contributed by atoms with E-state index in [1.54, 1.807) is 12.4 Å². The predicted octanol–water partition coefficient (Wildman–Crippen LogP) is 3.39. The first-order valence-corrected chi connectivity index (χ1v) is 6.17. The molecule has 100 valence electrons. The molecule has 0 saturated carbocycles. The van der Waals surface area contributed by atoms with Crippen molar-refractivity contribution in [2.75, 3.05) is 5.32 Å². The molecule has 0 radical (unpaired) electrons. The summed E-state index contributed by atoms with van der Waals surface area (Å²) in [4.78, 5) is 10.3. The number of nitrogens with one attached hydrogen (secondary N) is 2. The Morgan fingerprint density at radius 3 is 2.89 bits per heavy atom. The second-order valence-corrected chi connectivity index (χ2v) is 4.79. The van der Waals surface area contributed by atoms with Crippen molar-refractivity contribution in [2.24, 2.45) is 0 Å². The van der Waals surface area contributed by atoms with Gasteiger partial charge in [-0.1, -0.05) is 0 Å². The van der Waals surface area contributed by atoms with Crippen LogP contribution in [0.25, 0.3) is 0 Å². The van der Waals surface area contributed by atoms with Gasteiger partial charge in [-0.25, -0.2) is 4.39 Å². The number of H-pyrrole nitrogens is 1. The lowest BCUT2D eigenvalue weighted by molar-refractivity contribution is -0.384. The second-order valence-electron chi connectivity index (χ2n) is 3.94. The van der Waals surface area contributed by atoms with Crippen LogP contribution in [0.1, 0.15) is 18.5 Å². The van der Waals surface area contributed by atoms with Gasteiger partial charge < -0.3 is 5.32 Å². The van der Waals surface area contributed by atoms with E-state index in [-0.39, 0.29) is 21.9 Å². The van der Waals surface area contributed by atoms with Crippen LogP contribution in [-0.2, 0) is 0 Å². The van der Waals surface area contributed by atoms with Crippen LogP contribution in [0.3, 0.4) is 0 Å². The highest BCUT2D eigenvalue weighted by molar-refractivity contribution is 9.10. The summed E-state index contributed by atoms with van der Waals surface area (Å²) >= 11 is 3.01. The normalized spacial score (nSPS) is 12.2. The van der Waals surface area contributed by atoms with Crippen molar-refractivity contribution >= 4 is 27.3 Å². The highest BCUT2D eigenvalue weighted by Crippen LogP contribution is 2.32. The minimum absolute atomic E-state index is 0.167. The van der Waals surface area contributed by atoms with Gasteiger partial charge in [-0.05, 0) is 28.9 Å². The summed E-state index contributed by atoms with van der Waals surface area (Å²) in [5, 5.41) is 20.3. The average Bonchev–Trinajstić information content (AvgIpc) is 2.86. The van der Waals surface area contributed by atoms with Crippen LogP contribution in [0.15, 0.2) is 29.0 Å². The summed E-state index contributed by atoms with van der Waals surface area (Å²) < 4.78 is 13.5. The number of nitro benzene ring substituents is 1. The van der Waals surface area contributed by atoms with Crippen LogP contribution >= 0.6 is 15.9 Å². The van der Waals surface area contributed by atoms with Gasteiger partial charge in [0.15, 0.2) is 0 Å². The summed E-state index contributed by atoms with van der Waals surface area (Å²) in [5.74, 6) is -0.673. The van der Waals surface area contributed by atoms with Crippen molar-refractivity contribution in [1.82, 2.24) is 10.2 Å². The standard InChI is InChI=1S/C11H10BrFN4O2/c1-6(7-4-14-15-5-7)16-10-2-8(12)9(13)3-11(10)17(18)19/h2-6,16H,1H3,(H,14,15). The molecule has 2 rings (SSSR count). The van der Waals surface area contributed by atoms with Crippen molar-refractivity contribution < 1.29 is 9.31 Å². The molecule has 0 spiro atoms. The molecule has 19 heavy (non-hydrogen) atoms. The second kappa shape index (κ2) is 5.35. The maximum atomic E-state index is 13.3. The van der Waals surface area contributed by atoms with E-state index >= 15 is 0 Å². The van der Waals surface area contributed by atoms with E-state index in [1.807, 2.05) is 6.92 Å². The van der Waals surface area contributed by atoms with Crippen LogP contribution in [-0.4, -0.2) is 15.1 Å². The Morgan fingerprint density at radius 1 is 1.58 bits per heavy atom. The van der Waals surface area contributed by atoms with Crippen LogP contribution in [0.2, 0.25) is 0 Å². The smallest absolute Gasteiger partial charge is 0.295 e. The molecule has 0 aliphatic rings. The van der Waals surface area contributed by atoms with Gasteiger partial charge in [-0.2, -0.15) is 5.10 Å². The third kappa shape index (κ3) is 2.90. The molecule has 6 nitrogen and oxygen atoms in total. The Morgan fingerprint density at radius 2 is 2.32 bits per heavy atom. The lowest BCUT2D eigenvalue weighted by Crippen LogP contribution is -2.08. The quantitative estimate of drug-likeness (QED) is 0.665. The van der Waals surface area contributed by atoms with E-state index in [2.05, 4.69) is 31.4 Å². The van der Waals surface area contributed by atoms with Gasteiger partial charge in [-0.15, -0.1) is 0 Å². The third-order valence-electron chi connectivity index (χ3n) is 2.63. The van der Waals surface area contributed by atoms with E-state index in [1.165, 1.54) is 6.07 Å². The number of benzene rings is 1. The van der Waals surface area contributed by atoms with Crippen molar-refractivity contribution in [1.29, 1.82) is 0 Å². The monoisotopic (exact) mass is 328 g/mol. The summed E-state index contributed by atoms with van der Waals surface area (Å²) in [6.07, 6.45) is 3.30. The van der Waals surface area contributed by atoms with Crippen LogP contribution in [0.4, 0.5) is 15.8 Å². The summed E-state index contributed by atoms with van der Waals surface area (Å²) in [7, 11) is 0. The molecule has 2 N–H and O–H groups in total. The Kier molecular flexibility index (Phi) is 3.79. The Bertz CT molecular complexity index is 603. The third-order valence-corrected chi connectivity index (χ3v) is 3.23. The van der Waals surface area contributed by atoms with E-state index in [0.29, 0.717) is 0 Å². The van der Waals surface area contributed by atoms with Crippen molar-refractivity contribution in [3.8, 4) is 0 Å². The average molecular weight is 329 g/mol. The summed E-state index contributed by atoms with van der Waals surface area (Å²) in [6.45, 7) is 1.83. The minimum atomic E-state index is -0.673. The highest BCUT2D eigenvalue weighted by atomic mass is 79.9. The minimum Gasteiger partial charge on any atom is -0.373 e. The van der Waals surface area contributed by atoms with Gasteiger partial charge in [-0.3, -0.25) is 15.2 Å². The molecule has 0 bridgehead atoms. The molecule has 1 atom stereocenters. The lowest BCUT2D eigenvalue weighted by atomic mass is 10.1. The fourth-order valence-corrected chi connectivity index (χ4v) is 1.96. The van der Waals surface area contributed by atoms with E-state index < -0.39 is 10.7 Å². The SMILES string of the molecule is CC(Nc1cc(Br)c(F)cc1[N+](=O)[O-])c1cn[nH]c1. The molecule has 1 aromatic heterocycles. The number of hydrogen-bond donors (Lipinski definition) is 2. The van der Waals surface area contributed by atoms with Gasteiger partial charge >= 0.3 is 0 Å². The number of nitrogens with zero attached hydrogens (tertiary/aromatic N) is 2. The van der Waals surface area contributed by atoms with Crippen LogP contribution < -0.4 is 5.32 Å². The first-order valence-electron chi connectivity index (χ1n) is 5.37. The molecular weight excluding hydrogens is 319 g/mol. The van der Waals surface area contributed by atoms with Gasteiger partial charge in [0.05, 0.1) is 27.7 Å². The largest absolute Gasteiger partial charge is 0.373 e. The molecule has 0 saturated heterocycles. The molecule has 2 aromatic rings. The maximum Gasteiger partial charge on any atom is 0.295 e. The van der Waals surface area contributed by atoms with E-state index in [4.69, 9.17) is 0 Å². The zero-order valence-electron chi connectivity index (χ0n) is 9.85. The number of anilines is 1. The van der Waals surface area contributed by atoms with E-state index in [0.717, 1.165) is 11.6 Å². The Balaban J connectivity index is 2.33. The van der Waals surface area contributed by atoms with Gasteiger partial charge in [0.2, 0.25) is 0 Å². The number of nitro groups is 1. The number of aromatic nitrogens is 2. The van der Waals surface area contributed by atoms with Gasteiger partial charge in [0, 0.05) is 11.8 Å². The van der Waals surface area contributed by atoms with Gasteiger partial charge in [0.25, 0.3) is 5.69 Å². The maximum absolute atomic E-state index is 13.3. The molecule has 1 aromatic carbocycles. The zero-order valence-corrected chi connectivity index (χ0v) is 11.4. The van der Waals surface area contributed by atoms with Crippen LogP contribution in [0.5, 0.6) is 0 Å². The zero-order chi connectivity index (χ0) is 14.0. The summed E-state index contributed by atoms with van der Waals surface area (Å²) in [6, 6.07) is 2.04. The molecule has 1 unspecified atom stereocenters. The molecule has 8 heteroatoms. The van der Waals surface area contributed by atoms with Crippen molar-refractivity contribution in [2.45, 2.75) is 13.0 Å². The Labute approximate surface area is 116 Å². The highest BCUT2D eigenvalue weighted by Gasteiger charge is 2.19. The molecule has 1 heterocycles. The Hall–Kier alpha value is -1.96. The van der Waals surface area contributed by atoms with Crippen molar-refractivity contribution in [3.05, 3.63) is 50.5 Å². The number of hydrogen-bond acceptors (Lipinski definition) is 4. The number of aromatic amines is 1. The van der Waals surface area contributed by atoms with E-state index in [9.17, 15) is 14.5 Å². The lowest BCUT2D eigenvalue weighted by Gasteiger charge is -2.14. The van der Waals surface area contributed by atoms with Crippen LogP contribution in [0, 0.1) is 15.9 Å². The molecular formula is C11H10BrFN4O2. The molecule has 0 aliphatic heterocycles. The molecule has 0 fully saturated rings. The first kappa shape index (κ1) is 13.5.